The molecule has 1 N–H and O–H groups in total. The number of rotatable bonds is 8. The molecular formula is C32H32FN3O3S. The maximum atomic E-state index is 14.3. The van der Waals surface area contributed by atoms with Crippen molar-refractivity contribution in [1.82, 2.24) is 9.88 Å². The molecule has 1 aliphatic heterocycles. The third-order valence-corrected chi connectivity index (χ3v) is 7.69. The van der Waals surface area contributed by atoms with Gasteiger partial charge in [-0.1, -0.05) is 49.7 Å². The first-order valence-electron chi connectivity index (χ1n) is 13.4. The Bertz CT molecular complexity index is 1520. The molecule has 0 bridgehead atoms. The first-order valence-corrected chi connectivity index (χ1v) is 14.3. The number of aromatic nitrogens is 1. The average Bonchev–Trinajstić information content (AvgIpc) is 3.41. The number of nitrogens with one attached hydrogen (secondary N) is 1. The van der Waals surface area contributed by atoms with E-state index in [2.05, 4.69) is 10.3 Å². The summed E-state index contributed by atoms with van der Waals surface area (Å²) in [4.78, 5) is 32.2. The number of hydrogen-bond acceptors (Lipinski definition) is 5. The highest BCUT2D eigenvalue weighted by molar-refractivity contribution is 7.09. The normalized spacial score (nSPS) is 14.6. The number of thiazole rings is 1. The molecule has 40 heavy (non-hydrogen) atoms. The molecule has 3 aromatic carbocycles. The van der Waals surface area contributed by atoms with Gasteiger partial charge < -0.3 is 15.0 Å². The standard InChI is InChI=1S/C32H32FN3O3S/c1-20(2)15-30(37)36-14-13-22-9-12-26(17-27(22)31(36)23-5-4-6-24(33)16-23)39-18-29-35-28(19-40-29)32(38)34-25-10-7-21(3)8-11-25/h4-12,16-17,19-20,31H,13-15,18H2,1-3H3,(H,34,38). The Morgan fingerprint density at radius 2 is 1.93 bits per heavy atom. The molecule has 1 unspecified atom stereocenters. The summed E-state index contributed by atoms with van der Waals surface area (Å²) in [6, 6.07) is 19.5. The van der Waals surface area contributed by atoms with Crippen LogP contribution in [0.25, 0.3) is 0 Å². The van der Waals surface area contributed by atoms with Gasteiger partial charge in [0, 0.05) is 24.0 Å². The second kappa shape index (κ2) is 12.0. The quantitative estimate of drug-likeness (QED) is 0.255. The molecule has 2 amide bonds. The molecule has 1 aliphatic rings. The highest BCUT2D eigenvalue weighted by atomic mass is 32.1. The van der Waals surface area contributed by atoms with Gasteiger partial charge >= 0.3 is 0 Å². The zero-order valence-corrected chi connectivity index (χ0v) is 23.6. The molecule has 206 valence electrons. The lowest BCUT2D eigenvalue weighted by molar-refractivity contribution is -0.134. The number of ether oxygens (including phenoxy) is 1. The maximum absolute atomic E-state index is 14.3. The van der Waals surface area contributed by atoms with Crippen LogP contribution in [0, 0.1) is 18.7 Å². The first kappa shape index (κ1) is 27.5. The van der Waals surface area contributed by atoms with Crippen molar-refractivity contribution in [2.24, 2.45) is 5.92 Å². The van der Waals surface area contributed by atoms with Crippen molar-refractivity contribution in [2.75, 3.05) is 11.9 Å². The van der Waals surface area contributed by atoms with Crippen LogP contribution in [0.1, 0.15) is 64.1 Å². The van der Waals surface area contributed by atoms with Crippen LogP contribution in [-0.2, 0) is 17.8 Å². The monoisotopic (exact) mass is 557 g/mol. The van der Waals surface area contributed by atoms with Crippen LogP contribution in [-0.4, -0.2) is 28.2 Å². The Morgan fingerprint density at radius 3 is 2.67 bits per heavy atom. The molecule has 1 atom stereocenters. The molecule has 0 saturated heterocycles. The summed E-state index contributed by atoms with van der Waals surface area (Å²) in [6.07, 6.45) is 1.15. The van der Waals surface area contributed by atoms with E-state index in [1.54, 1.807) is 11.4 Å². The zero-order chi connectivity index (χ0) is 28.2. The summed E-state index contributed by atoms with van der Waals surface area (Å²) in [5, 5.41) is 5.25. The molecule has 0 fully saturated rings. The Hall–Kier alpha value is -4.04. The first-order chi connectivity index (χ1) is 19.3. The lowest BCUT2D eigenvalue weighted by atomic mass is 9.87. The largest absolute Gasteiger partial charge is 0.486 e. The van der Waals surface area contributed by atoms with Crippen LogP contribution >= 0.6 is 11.3 Å². The van der Waals surface area contributed by atoms with Gasteiger partial charge in [0.25, 0.3) is 5.91 Å². The molecular weight excluding hydrogens is 525 g/mol. The van der Waals surface area contributed by atoms with E-state index in [0.29, 0.717) is 35.1 Å². The molecule has 0 radical (unpaired) electrons. The van der Waals surface area contributed by atoms with Gasteiger partial charge in [0.1, 0.15) is 28.9 Å². The van der Waals surface area contributed by atoms with Gasteiger partial charge in [0.2, 0.25) is 5.91 Å². The smallest absolute Gasteiger partial charge is 0.275 e. The molecule has 1 aromatic heterocycles. The predicted octanol–water partition coefficient (Wildman–Crippen LogP) is 6.94. The van der Waals surface area contributed by atoms with Crippen molar-refractivity contribution >= 4 is 28.8 Å². The van der Waals surface area contributed by atoms with Crippen LogP contribution in [0.15, 0.2) is 72.1 Å². The second-order valence-corrected chi connectivity index (χ2v) is 11.4. The highest BCUT2D eigenvalue weighted by Gasteiger charge is 2.32. The summed E-state index contributed by atoms with van der Waals surface area (Å²) < 4.78 is 20.3. The Balaban J connectivity index is 1.33. The third-order valence-electron chi connectivity index (χ3n) is 6.87. The van der Waals surface area contributed by atoms with Crippen molar-refractivity contribution in [3.8, 4) is 5.75 Å². The Labute approximate surface area is 237 Å². The lowest BCUT2D eigenvalue weighted by Gasteiger charge is -2.38. The van der Waals surface area contributed by atoms with Gasteiger partial charge in [-0.2, -0.15) is 0 Å². The fourth-order valence-electron chi connectivity index (χ4n) is 4.91. The number of hydrogen-bond donors (Lipinski definition) is 1. The topological polar surface area (TPSA) is 71.5 Å². The van der Waals surface area contributed by atoms with Crippen LogP contribution in [0.5, 0.6) is 5.75 Å². The molecule has 2 heterocycles. The summed E-state index contributed by atoms with van der Waals surface area (Å²) in [6.45, 7) is 6.81. The summed E-state index contributed by atoms with van der Waals surface area (Å²) in [5.74, 6) is 0.294. The number of amides is 2. The summed E-state index contributed by atoms with van der Waals surface area (Å²) in [5.41, 5.74) is 4.94. The van der Waals surface area contributed by atoms with Crippen LogP contribution in [0.3, 0.4) is 0 Å². The van der Waals surface area contributed by atoms with Crippen molar-refractivity contribution < 1.29 is 18.7 Å². The van der Waals surface area contributed by atoms with E-state index in [4.69, 9.17) is 4.74 Å². The molecule has 0 saturated carbocycles. The number of carbonyl (C=O) groups is 2. The van der Waals surface area contributed by atoms with Crippen molar-refractivity contribution in [2.45, 2.75) is 46.3 Å². The second-order valence-electron chi connectivity index (χ2n) is 10.5. The minimum Gasteiger partial charge on any atom is -0.486 e. The lowest BCUT2D eigenvalue weighted by Crippen LogP contribution is -2.41. The van der Waals surface area contributed by atoms with Gasteiger partial charge in [-0.05, 0) is 72.4 Å². The number of aryl methyl sites for hydroxylation is 1. The molecule has 6 nitrogen and oxygen atoms in total. The number of carbonyl (C=O) groups excluding carboxylic acids is 2. The van der Waals surface area contributed by atoms with Crippen molar-refractivity contribution in [3.05, 3.63) is 111 Å². The number of anilines is 1. The molecule has 4 aromatic rings. The average molecular weight is 558 g/mol. The minimum absolute atomic E-state index is 0.0560. The fourth-order valence-corrected chi connectivity index (χ4v) is 5.60. The van der Waals surface area contributed by atoms with E-state index in [0.717, 1.165) is 28.7 Å². The van der Waals surface area contributed by atoms with E-state index in [9.17, 15) is 14.0 Å². The number of halogens is 1. The van der Waals surface area contributed by atoms with E-state index in [1.807, 2.05) is 74.2 Å². The van der Waals surface area contributed by atoms with Crippen LogP contribution in [0.2, 0.25) is 0 Å². The van der Waals surface area contributed by atoms with Gasteiger partial charge in [-0.15, -0.1) is 11.3 Å². The van der Waals surface area contributed by atoms with Crippen molar-refractivity contribution in [3.63, 3.8) is 0 Å². The maximum Gasteiger partial charge on any atom is 0.275 e. The third kappa shape index (κ3) is 6.39. The van der Waals surface area contributed by atoms with Crippen LogP contribution < -0.4 is 10.1 Å². The van der Waals surface area contributed by atoms with E-state index >= 15 is 0 Å². The number of fused-ring (bicyclic) bond motifs is 1. The molecule has 5 rings (SSSR count). The van der Waals surface area contributed by atoms with E-state index < -0.39 is 6.04 Å². The molecule has 0 spiro atoms. The van der Waals surface area contributed by atoms with Crippen molar-refractivity contribution in [1.29, 1.82) is 0 Å². The molecule has 8 heteroatoms. The van der Waals surface area contributed by atoms with E-state index in [1.165, 1.54) is 23.5 Å². The summed E-state index contributed by atoms with van der Waals surface area (Å²) in [7, 11) is 0. The number of nitrogens with zero attached hydrogens (tertiary/aromatic N) is 2. The zero-order valence-electron chi connectivity index (χ0n) is 22.8. The Morgan fingerprint density at radius 1 is 1.12 bits per heavy atom. The summed E-state index contributed by atoms with van der Waals surface area (Å²) >= 11 is 1.36. The van der Waals surface area contributed by atoms with E-state index in [-0.39, 0.29) is 30.2 Å². The van der Waals surface area contributed by atoms with Gasteiger partial charge in [-0.3, -0.25) is 9.59 Å². The molecule has 0 aliphatic carbocycles. The van der Waals surface area contributed by atoms with Gasteiger partial charge in [0.05, 0.1) is 6.04 Å². The predicted molar refractivity (Wildman–Crippen MR) is 155 cm³/mol. The number of benzene rings is 3. The minimum atomic E-state index is -0.397. The Kier molecular flexibility index (Phi) is 8.26. The SMILES string of the molecule is Cc1ccc(NC(=O)c2csc(COc3ccc4c(c3)C(c3cccc(F)c3)N(C(=O)CC(C)C)CC4)n2)cc1. The van der Waals surface area contributed by atoms with Gasteiger partial charge in [-0.25, -0.2) is 9.37 Å². The van der Waals surface area contributed by atoms with Gasteiger partial charge in [0.15, 0.2) is 0 Å². The highest BCUT2D eigenvalue weighted by Crippen LogP contribution is 2.38. The fraction of sp³-hybridized carbons (Fsp3) is 0.281. The van der Waals surface area contributed by atoms with Crippen LogP contribution in [0.4, 0.5) is 10.1 Å².